The molecule has 0 atom stereocenters. The Bertz CT molecular complexity index is 876. The van der Waals surface area contributed by atoms with Crippen LogP contribution in [0.25, 0.3) is 11.3 Å². The minimum atomic E-state index is -0.438. The van der Waals surface area contributed by atoms with Gasteiger partial charge in [-0.05, 0) is 30.3 Å². The predicted molar refractivity (Wildman–Crippen MR) is 90.9 cm³/mol. The number of carbonyl (C=O) groups is 1. The van der Waals surface area contributed by atoms with Gasteiger partial charge in [0.1, 0.15) is 11.6 Å². The maximum atomic E-state index is 13.1. The van der Waals surface area contributed by atoms with Gasteiger partial charge in [-0.25, -0.2) is 4.39 Å². The smallest absolute Gasteiger partial charge is 0.251 e. The molecule has 0 spiro atoms. The first-order chi connectivity index (χ1) is 12.2. The van der Waals surface area contributed by atoms with Crippen LogP contribution in [0.15, 0.2) is 59.1 Å². The van der Waals surface area contributed by atoms with E-state index in [1.54, 1.807) is 13.2 Å². The van der Waals surface area contributed by atoms with Gasteiger partial charge in [-0.15, -0.1) is 0 Å². The highest BCUT2D eigenvalue weighted by molar-refractivity contribution is 5.94. The van der Waals surface area contributed by atoms with Gasteiger partial charge in [0.25, 0.3) is 5.91 Å². The van der Waals surface area contributed by atoms with E-state index in [2.05, 4.69) is 10.5 Å². The SMILES string of the molecule is COc1cccc(-c2cc(CCNC(=O)c3cccc(F)c3)no2)c1. The second-order valence-electron chi connectivity index (χ2n) is 5.43. The zero-order valence-corrected chi connectivity index (χ0v) is 13.7. The van der Waals surface area contributed by atoms with Gasteiger partial charge >= 0.3 is 0 Å². The third-order valence-corrected chi connectivity index (χ3v) is 3.67. The van der Waals surface area contributed by atoms with Crippen molar-refractivity contribution in [2.45, 2.75) is 6.42 Å². The van der Waals surface area contributed by atoms with Crippen molar-refractivity contribution in [2.24, 2.45) is 0 Å². The fourth-order valence-corrected chi connectivity index (χ4v) is 2.38. The average molecular weight is 340 g/mol. The highest BCUT2D eigenvalue weighted by atomic mass is 19.1. The van der Waals surface area contributed by atoms with Crippen molar-refractivity contribution in [3.8, 4) is 17.1 Å². The molecule has 1 N–H and O–H groups in total. The van der Waals surface area contributed by atoms with E-state index in [1.165, 1.54) is 18.2 Å². The lowest BCUT2D eigenvalue weighted by Crippen LogP contribution is -2.25. The number of benzene rings is 2. The van der Waals surface area contributed by atoms with E-state index in [-0.39, 0.29) is 11.5 Å². The van der Waals surface area contributed by atoms with Crippen LogP contribution in [0.1, 0.15) is 16.1 Å². The molecule has 6 heteroatoms. The fraction of sp³-hybridized carbons (Fsp3) is 0.158. The van der Waals surface area contributed by atoms with E-state index < -0.39 is 5.82 Å². The molecule has 5 nitrogen and oxygen atoms in total. The molecule has 1 aromatic heterocycles. The van der Waals surface area contributed by atoms with Crippen LogP contribution in [-0.2, 0) is 6.42 Å². The van der Waals surface area contributed by atoms with Gasteiger partial charge in [-0.3, -0.25) is 4.79 Å². The number of nitrogens with one attached hydrogen (secondary N) is 1. The average Bonchev–Trinajstić information content (AvgIpc) is 3.10. The Morgan fingerprint density at radius 2 is 2.04 bits per heavy atom. The normalized spacial score (nSPS) is 10.5. The van der Waals surface area contributed by atoms with E-state index in [1.807, 2.05) is 30.3 Å². The number of halogens is 1. The number of nitrogens with zero attached hydrogens (tertiary/aromatic N) is 1. The molecular weight excluding hydrogens is 323 g/mol. The molecule has 0 aliphatic carbocycles. The van der Waals surface area contributed by atoms with Gasteiger partial charge in [-0.2, -0.15) is 0 Å². The lowest BCUT2D eigenvalue weighted by molar-refractivity contribution is 0.0953. The molecule has 25 heavy (non-hydrogen) atoms. The first-order valence-corrected chi connectivity index (χ1v) is 7.79. The summed E-state index contributed by atoms with van der Waals surface area (Å²) >= 11 is 0. The summed E-state index contributed by atoms with van der Waals surface area (Å²) in [6.07, 6.45) is 0.508. The molecule has 0 aliphatic rings. The molecule has 0 radical (unpaired) electrons. The zero-order chi connectivity index (χ0) is 17.6. The number of carbonyl (C=O) groups excluding carboxylic acids is 1. The first-order valence-electron chi connectivity index (χ1n) is 7.79. The van der Waals surface area contributed by atoms with Crippen LogP contribution in [0, 0.1) is 5.82 Å². The quantitative estimate of drug-likeness (QED) is 0.746. The largest absolute Gasteiger partial charge is 0.497 e. The van der Waals surface area contributed by atoms with E-state index in [9.17, 15) is 9.18 Å². The Hall–Kier alpha value is -3.15. The van der Waals surface area contributed by atoms with Crippen molar-refractivity contribution >= 4 is 5.91 Å². The van der Waals surface area contributed by atoms with Gasteiger partial charge in [0.15, 0.2) is 5.76 Å². The summed E-state index contributed by atoms with van der Waals surface area (Å²) in [6.45, 7) is 0.374. The molecule has 1 heterocycles. The fourth-order valence-electron chi connectivity index (χ4n) is 2.38. The maximum absolute atomic E-state index is 13.1. The van der Waals surface area contributed by atoms with Crippen LogP contribution in [0.2, 0.25) is 0 Å². The summed E-state index contributed by atoms with van der Waals surface area (Å²) in [5.74, 6) is 0.603. The Morgan fingerprint density at radius 3 is 2.84 bits per heavy atom. The van der Waals surface area contributed by atoms with Gasteiger partial charge in [0.2, 0.25) is 0 Å². The van der Waals surface area contributed by atoms with Crippen LogP contribution >= 0.6 is 0 Å². The maximum Gasteiger partial charge on any atom is 0.251 e. The summed E-state index contributed by atoms with van der Waals surface area (Å²) in [6, 6.07) is 14.9. The van der Waals surface area contributed by atoms with E-state index in [0.717, 1.165) is 17.0 Å². The van der Waals surface area contributed by atoms with Gasteiger partial charge in [-0.1, -0.05) is 23.4 Å². The second-order valence-corrected chi connectivity index (χ2v) is 5.43. The second kappa shape index (κ2) is 7.61. The number of rotatable bonds is 6. The minimum Gasteiger partial charge on any atom is -0.497 e. The van der Waals surface area contributed by atoms with Crippen molar-refractivity contribution in [3.05, 3.63) is 71.7 Å². The summed E-state index contributed by atoms with van der Waals surface area (Å²) in [7, 11) is 1.60. The van der Waals surface area contributed by atoms with Crippen LogP contribution < -0.4 is 10.1 Å². The molecule has 2 aromatic carbocycles. The van der Waals surface area contributed by atoms with Crippen molar-refractivity contribution in [1.29, 1.82) is 0 Å². The Morgan fingerprint density at radius 1 is 1.20 bits per heavy atom. The third kappa shape index (κ3) is 4.23. The number of hydrogen-bond acceptors (Lipinski definition) is 4. The van der Waals surface area contributed by atoms with Crippen LogP contribution in [0.3, 0.4) is 0 Å². The molecule has 0 fully saturated rings. The van der Waals surface area contributed by atoms with Gasteiger partial charge in [0.05, 0.1) is 12.8 Å². The lowest BCUT2D eigenvalue weighted by atomic mass is 10.1. The number of methoxy groups -OCH3 is 1. The Balaban J connectivity index is 1.57. The van der Waals surface area contributed by atoms with E-state index >= 15 is 0 Å². The van der Waals surface area contributed by atoms with Crippen molar-refractivity contribution in [1.82, 2.24) is 10.5 Å². The molecule has 0 unspecified atom stereocenters. The van der Waals surface area contributed by atoms with Crippen molar-refractivity contribution in [3.63, 3.8) is 0 Å². The monoisotopic (exact) mass is 340 g/mol. The van der Waals surface area contributed by atoms with Crippen LogP contribution in [0.4, 0.5) is 4.39 Å². The molecule has 128 valence electrons. The standard InChI is InChI=1S/C19H17FN2O3/c1-24-17-7-3-4-13(11-17)18-12-16(22-25-18)8-9-21-19(23)14-5-2-6-15(20)10-14/h2-7,10-12H,8-9H2,1H3,(H,21,23). The topological polar surface area (TPSA) is 64.4 Å². The zero-order valence-electron chi connectivity index (χ0n) is 13.7. The minimum absolute atomic E-state index is 0.289. The summed E-state index contributed by atoms with van der Waals surface area (Å²) in [5, 5.41) is 6.74. The van der Waals surface area contributed by atoms with Crippen LogP contribution in [-0.4, -0.2) is 24.7 Å². The number of ether oxygens (including phenoxy) is 1. The van der Waals surface area contributed by atoms with Crippen LogP contribution in [0.5, 0.6) is 5.75 Å². The van der Waals surface area contributed by atoms with Crippen molar-refractivity contribution in [2.75, 3.05) is 13.7 Å². The summed E-state index contributed by atoms with van der Waals surface area (Å²) < 4.78 is 23.7. The number of aromatic nitrogens is 1. The predicted octanol–water partition coefficient (Wildman–Crippen LogP) is 3.46. The molecule has 3 aromatic rings. The highest BCUT2D eigenvalue weighted by Gasteiger charge is 2.09. The number of amides is 1. The highest BCUT2D eigenvalue weighted by Crippen LogP contribution is 2.24. The van der Waals surface area contributed by atoms with Crippen molar-refractivity contribution < 1.29 is 18.4 Å². The summed E-state index contributed by atoms with van der Waals surface area (Å²) in [4.78, 5) is 11.9. The molecule has 0 saturated heterocycles. The van der Waals surface area contributed by atoms with Gasteiger partial charge < -0.3 is 14.6 Å². The molecule has 1 amide bonds. The third-order valence-electron chi connectivity index (χ3n) is 3.67. The van der Waals surface area contributed by atoms with E-state index in [4.69, 9.17) is 9.26 Å². The first kappa shape index (κ1) is 16.7. The van der Waals surface area contributed by atoms with E-state index in [0.29, 0.717) is 18.7 Å². The molecule has 3 rings (SSSR count). The molecular formula is C19H17FN2O3. The Kier molecular flexibility index (Phi) is 5.09. The Labute approximate surface area is 144 Å². The lowest BCUT2D eigenvalue weighted by Gasteiger charge is -2.03. The molecule has 0 saturated carbocycles. The summed E-state index contributed by atoms with van der Waals surface area (Å²) in [5.41, 5.74) is 1.87. The molecule has 0 aliphatic heterocycles. The molecule has 0 bridgehead atoms. The van der Waals surface area contributed by atoms with Gasteiger partial charge in [0, 0.05) is 30.2 Å². The number of hydrogen-bond donors (Lipinski definition) is 1.